The van der Waals surface area contributed by atoms with E-state index >= 15 is 0 Å². The molecule has 0 radical (unpaired) electrons. The molecular formula is C12H20N2. The number of piperidine rings is 1. The van der Waals surface area contributed by atoms with Crippen molar-refractivity contribution >= 4 is 0 Å². The maximum absolute atomic E-state index is 5.42. The Labute approximate surface area is 87.1 Å². The van der Waals surface area contributed by atoms with Gasteiger partial charge < -0.3 is 10.2 Å². The lowest BCUT2D eigenvalue weighted by atomic mass is 9.95. The van der Waals surface area contributed by atoms with E-state index in [0.717, 1.165) is 5.92 Å². The summed E-state index contributed by atoms with van der Waals surface area (Å²) in [7, 11) is 0. The van der Waals surface area contributed by atoms with Crippen molar-refractivity contribution in [1.29, 1.82) is 0 Å². The Morgan fingerprint density at radius 2 is 2.00 bits per heavy atom. The summed E-state index contributed by atoms with van der Waals surface area (Å²) in [6.07, 6.45) is 9.21. The van der Waals surface area contributed by atoms with E-state index in [4.69, 9.17) is 6.42 Å². The highest BCUT2D eigenvalue weighted by atomic mass is 15.1. The van der Waals surface area contributed by atoms with Gasteiger partial charge >= 0.3 is 0 Å². The van der Waals surface area contributed by atoms with Crippen LogP contribution in [0.3, 0.4) is 0 Å². The van der Waals surface area contributed by atoms with Crippen LogP contribution in [0.15, 0.2) is 0 Å². The molecule has 2 aliphatic heterocycles. The second kappa shape index (κ2) is 4.82. The van der Waals surface area contributed by atoms with E-state index in [0.29, 0.717) is 5.92 Å². The molecule has 2 fully saturated rings. The minimum atomic E-state index is 0.552. The highest BCUT2D eigenvalue weighted by molar-refractivity contribution is 4.95. The van der Waals surface area contributed by atoms with Crippen molar-refractivity contribution in [2.75, 3.05) is 32.7 Å². The molecule has 2 nitrogen and oxygen atoms in total. The van der Waals surface area contributed by atoms with Crippen LogP contribution in [0.5, 0.6) is 0 Å². The Balaban J connectivity index is 1.61. The molecule has 0 aromatic carbocycles. The first-order valence-corrected chi connectivity index (χ1v) is 5.77. The number of nitrogens with one attached hydrogen (secondary N) is 1. The number of nitrogens with zero attached hydrogens (tertiary/aromatic N) is 1. The average molecular weight is 192 g/mol. The van der Waals surface area contributed by atoms with Gasteiger partial charge in [-0.05, 0) is 57.9 Å². The van der Waals surface area contributed by atoms with E-state index in [-0.39, 0.29) is 0 Å². The first kappa shape index (κ1) is 10.0. The van der Waals surface area contributed by atoms with Gasteiger partial charge in [0.2, 0.25) is 0 Å². The molecular weight excluding hydrogens is 172 g/mol. The number of likely N-dealkylation sites (tertiary alicyclic amines) is 1. The van der Waals surface area contributed by atoms with Gasteiger partial charge in [0.1, 0.15) is 0 Å². The maximum Gasteiger partial charge on any atom is 0.0224 e. The molecule has 0 atom stereocenters. The van der Waals surface area contributed by atoms with Gasteiger partial charge in [0.15, 0.2) is 0 Å². The lowest BCUT2D eigenvalue weighted by Gasteiger charge is -2.33. The molecule has 0 aromatic heterocycles. The molecule has 0 amide bonds. The summed E-state index contributed by atoms with van der Waals surface area (Å²) < 4.78 is 0. The van der Waals surface area contributed by atoms with Gasteiger partial charge in [0.25, 0.3) is 0 Å². The summed E-state index contributed by atoms with van der Waals surface area (Å²) in [6, 6.07) is 0. The third kappa shape index (κ3) is 2.50. The monoisotopic (exact) mass is 192 g/mol. The third-order valence-corrected chi connectivity index (χ3v) is 3.54. The first-order valence-electron chi connectivity index (χ1n) is 5.77. The molecule has 0 aromatic rings. The van der Waals surface area contributed by atoms with Crippen LogP contribution in [0.2, 0.25) is 0 Å². The number of hydrogen-bond donors (Lipinski definition) is 1. The summed E-state index contributed by atoms with van der Waals surface area (Å²) in [5, 5.41) is 3.32. The Kier molecular flexibility index (Phi) is 3.44. The third-order valence-electron chi connectivity index (χ3n) is 3.54. The van der Waals surface area contributed by atoms with Crippen LogP contribution in [0, 0.1) is 24.2 Å². The predicted octanol–water partition coefficient (Wildman–Crippen LogP) is 0.941. The summed E-state index contributed by atoms with van der Waals surface area (Å²) in [4.78, 5) is 2.58. The van der Waals surface area contributed by atoms with E-state index in [9.17, 15) is 0 Å². The quantitative estimate of drug-likeness (QED) is 0.670. The molecule has 2 heteroatoms. The molecule has 0 bridgehead atoms. The van der Waals surface area contributed by atoms with E-state index in [1.807, 2.05) is 0 Å². The predicted molar refractivity (Wildman–Crippen MR) is 59.0 cm³/mol. The Hall–Kier alpha value is -0.520. The average Bonchev–Trinajstić information content (AvgIpc) is 2.16. The zero-order valence-corrected chi connectivity index (χ0v) is 8.84. The maximum atomic E-state index is 5.42. The van der Waals surface area contributed by atoms with Crippen molar-refractivity contribution in [1.82, 2.24) is 10.2 Å². The van der Waals surface area contributed by atoms with Crippen LogP contribution < -0.4 is 5.32 Å². The minimum absolute atomic E-state index is 0.552. The van der Waals surface area contributed by atoms with E-state index < -0.39 is 0 Å². The highest BCUT2D eigenvalue weighted by Gasteiger charge is 2.20. The molecule has 0 saturated carbocycles. The van der Waals surface area contributed by atoms with Gasteiger partial charge in [-0.15, -0.1) is 12.3 Å². The van der Waals surface area contributed by atoms with Crippen LogP contribution in [-0.2, 0) is 0 Å². The van der Waals surface area contributed by atoms with Crippen molar-refractivity contribution < 1.29 is 0 Å². The van der Waals surface area contributed by atoms with Gasteiger partial charge in [-0.3, -0.25) is 0 Å². The van der Waals surface area contributed by atoms with E-state index in [1.54, 1.807) is 0 Å². The lowest BCUT2D eigenvalue weighted by Crippen LogP contribution is -2.44. The zero-order chi connectivity index (χ0) is 9.80. The van der Waals surface area contributed by atoms with Gasteiger partial charge in [-0.1, -0.05) is 0 Å². The number of terminal acetylenes is 1. The second-order valence-corrected chi connectivity index (χ2v) is 4.60. The molecule has 2 aliphatic rings. The fraction of sp³-hybridized carbons (Fsp3) is 0.833. The zero-order valence-electron chi connectivity index (χ0n) is 8.84. The molecule has 0 spiro atoms. The summed E-state index contributed by atoms with van der Waals surface area (Å²) in [6.45, 7) is 6.19. The normalized spacial score (nSPS) is 25.6. The standard InChI is InChI=1S/C12H20N2/c1-2-11-3-6-14(7-4-11)8-5-12-9-13-10-12/h1,11-13H,3-10H2. The molecule has 14 heavy (non-hydrogen) atoms. The Morgan fingerprint density at radius 1 is 1.29 bits per heavy atom. The van der Waals surface area contributed by atoms with E-state index in [1.165, 1.54) is 52.0 Å². The fourth-order valence-electron chi connectivity index (χ4n) is 2.24. The summed E-state index contributed by atoms with van der Waals surface area (Å²) in [5.74, 6) is 4.37. The van der Waals surface area contributed by atoms with Crippen LogP contribution in [0.4, 0.5) is 0 Å². The largest absolute Gasteiger partial charge is 0.316 e. The topological polar surface area (TPSA) is 15.3 Å². The van der Waals surface area contributed by atoms with Crippen LogP contribution >= 0.6 is 0 Å². The Morgan fingerprint density at radius 3 is 2.50 bits per heavy atom. The lowest BCUT2D eigenvalue weighted by molar-refractivity contribution is 0.181. The molecule has 2 rings (SSSR count). The van der Waals surface area contributed by atoms with Crippen molar-refractivity contribution in [3.05, 3.63) is 0 Å². The minimum Gasteiger partial charge on any atom is -0.316 e. The van der Waals surface area contributed by atoms with Crippen molar-refractivity contribution in [3.63, 3.8) is 0 Å². The van der Waals surface area contributed by atoms with Crippen molar-refractivity contribution in [2.24, 2.45) is 11.8 Å². The van der Waals surface area contributed by atoms with E-state index in [2.05, 4.69) is 16.1 Å². The van der Waals surface area contributed by atoms with Gasteiger partial charge in [0.05, 0.1) is 0 Å². The SMILES string of the molecule is C#CC1CCN(CCC2CNC2)CC1. The Bertz CT molecular complexity index is 207. The fourth-order valence-corrected chi connectivity index (χ4v) is 2.24. The van der Waals surface area contributed by atoms with Gasteiger partial charge in [-0.2, -0.15) is 0 Å². The number of rotatable bonds is 3. The van der Waals surface area contributed by atoms with Crippen molar-refractivity contribution in [2.45, 2.75) is 19.3 Å². The smallest absolute Gasteiger partial charge is 0.0224 e. The molecule has 0 aliphatic carbocycles. The van der Waals surface area contributed by atoms with Crippen LogP contribution in [0.1, 0.15) is 19.3 Å². The molecule has 1 N–H and O–H groups in total. The first-order chi connectivity index (χ1) is 6.88. The van der Waals surface area contributed by atoms with Crippen molar-refractivity contribution in [3.8, 4) is 12.3 Å². The molecule has 2 heterocycles. The van der Waals surface area contributed by atoms with Gasteiger partial charge in [0, 0.05) is 5.92 Å². The molecule has 0 unspecified atom stereocenters. The summed E-state index contributed by atoms with van der Waals surface area (Å²) in [5.41, 5.74) is 0. The molecule has 2 saturated heterocycles. The second-order valence-electron chi connectivity index (χ2n) is 4.60. The van der Waals surface area contributed by atoms with Gasteiger partial charge in [-0.25, -0.2) is 0 Å². The molecule has 78 valence electrons. The number of hydrogen-bond acceptors (Lipinski definition) is 2. The summed E-state index contributed by atoms with van der Waals surface area (Å²) >= 11 is 0. The highest BCUT2D eigenvalue weighted by Crippen LogP contribution is 2.17. The van der Waals surface area contributed by atoms with Crippen LogP contribution in [-0.4, -0.2) is 37.6 Å². The van der Waals surface area contributed by atoms with Crippen LogP contribution in [0.25, 0.3) is 0 Å².